The molecule has 0 amide bonds. The number of rotatable bonds is 2. The summed E-state index contributed by atoms with van der Waals surface area (Å²) < 4.78 is 1.36. The lowest BCUT2D eigenvalue weighted by Crippen LogP contribution is -2.47. The van der Waals surface area contributed by atoms with E-state index in [1.165, 1.54) is 30.1 Å². The van der Waals surface area contributed by atoms with Crippen molar-refractivity contribution in [3.8, 4) is 0 Å². The molecular weight excluding hydrogens is 259 g/mol. The highest BCUT2D eigenvalue weighted by Gasteiger charge is 2.49. The van der Waals surface area contributed by atoms with Gasteiger partial charge in [0.05, 0.1) is 0 Å². The molecule has 1 heteroatoms. The van der Waals surface area contributed by atoms with Crippen molar-refractivity contribution >= 4 is 22.6 Å². The zero-order valence-electron chi connectivity index (χ0n) is 7.98. The summed E-state index contributed by atoms with van der Waals surface area (Å²) in [5.41, 5.74) is 0.756. The Morgan fingerprint density at radius 3 is 2.75 bits per heavy atom. The minimum atomic E-state index is 0.756. The number of alkyl halides is 1. The number of halogens is 1. The standard InChI is InChI=1S/C11H19I/c1-11(6-7-12)8-9-4-2-3-5-10(9)11/h9-10H,2-8H2,1H3/t9-,10-,11-/m1/s1. The molecule has 2 aliphatic carbocycles. The third-order valence-electron chi connectivity index (χ3n) is 4.20. The Bertz CT molecular complexity index is 166. The van der Waals surface area contributed by atoms with Crippen LogP contribution in [-0.4, -0.2) is 4.43 Å². The maximum atomic E-state index is 2.53. The second kappa shape index (κ2) is 3.47. The smallest absolute Gasteiger partial charge is 0.0000560 e. The van der Waals surface area contributed by atoms with E-state index in [1.807, 2.05) is 0 Å². The van der Waals surface area contributed by atoms with Gasteiger partial charge in [0.25, 0.3) is 0 Å². The lowest BCUT2D eigenvalue weighted by Gasteiger charge is -2.56. The van der Waals surface area contributed by atoms with E-state index >= 15 is 0 Å². The predicted octanol–water partition coefficient (Wildman–Crippen LogP) is 4.03. The Balaban J connectivity index is 1.95. The second-order valence-electron chi connectivity index (χ2n) is 4.95. The molecule has 0 heterocycles. The van der Waals surface area contributed by atoms with Crippen LogP contribution in [0.2, 0.25) is 0 Å². The van der Waals surface area contributed by atoms with E-state index in [-0.39, 0.29) is 0 Å². The van der Waals surface area contributed by atoms with Gasteiger partial charge in [-0.05, 0) is 36.5 Å². The Morgan fingerprint density at radius 2 is 2.08 bits per heavy atom. The molecule has 0 aromatic heterocycles. The van der Waals surface area contributed by atoms with E-state index in [4.69, 9.17) is 0 Å². The van der Waals surface area contributed by atoms with Crippen LogP contribution in [0.25, 0.3) is 0 Å². The van der Waals surface area contributed by atoms with Crippen molar-refractivity contribution in [1.29, 1.82) is 0 Å². The number of hydrogen-bond donors (Lipinski definition) is 0. The first-order valence-corrected chi connectivity index (χ1v) is 6.85. The monoisotopic (exact) mass is 278 g/mol. The van der Waals surface area contributed by atoms with Crippen LogP contribution in [0.3, 0.4) is 0 Å². The summed E-state index contributed by atoms with van der Waals surface area (Å²) in [6, 6.07) is 0. The Labute approximate surface area is 89.6 Å². The molecule has 0 nitrogen and oxygen atoms in total. The summed E-state index contributed by atoms with van der Waals surface area (Å²) >= 11 is 2.53. The van der Waals surface area contributed by atoms with Gasteiger partial charge in [-0.25, -0.2) is 0 Å². The molecule has 0 radical (unpaired) electrons. The molecule has 0 aliphatic heterocycles. The highest BCUT2D eigenvalue weighted by molar-refractivity contribution is 14.1. The molecule has 2 aliphatic rings. The normalized spacial score (nSPS) is 46.5. The topological polar surface area (TPSA) is 0 Å². The Morgan fingerprint density at radius 1 is 1.33 bits per heavy atom. The van der Waals surface area contributed by atoms with Crippen molar-refractivity contribution in [2.45, 2.75) is 45.4 Å². The molecule has 0 saturated heterocycles. The molecule has 0 bridgehead atoms. The van der Waals surface area contributed by atoms with Gasteiger partial charge < -0.3 is 0 Å². The van der Waals surface area contributed by atoms with Crippen LogP contribution in [0.5, 0.6) is 0 Å². The van der Waals surface area contributed by atoms with E-state index in [0.717, 1.165) is 17.3 Å². The number of fused-ring (bicyclic) bond motifs is 1. The highest BCUT2D eigenvalue weighted by atomic mass is 127. The third kappa shape index (κ3) is 1.42. The quantitative estimate of drug-likeness (QED) is 0.528. The Hall–Kier alpha value is 0.730. The summed E-state index contributed by atoms with van der Waals surface area (Å²) in [6.07, 6.45) is 9.12. The van der Waals surface area contributed by atoms with E-state index in [9.17, 15) is 0 Å². The average molecular weight is 278 g/mol. The fourth-order valence-corrected chi connectivity index (χ4v) is 4.69. The predicted molar refractivity (Wildman–Crippen MR) is 61.7 cm³/mol. The minimum absolute atomic E-state index is 0.756. The molecule has 70 valence electrons. The maximum Gasteiger partial charge on any atom is 0.0000560 e. The molecular formula is C11H19I. The van der Waals surface area contributed by atoms with Gasteiger partial charge in [0.15, 0.2) is 0 Å². The van der Waals surface area contributed by atoms with Gasteiger partial charge in [0, 0.05) is 4.43 Å². The molecule has 12 heavy (non-hydrogen) atoms. The van der Waals surface area contributed by atoms with Crippen molar-refractivity contribution in [2.24, 2.45) is 17.3 Å². The SMILES string of the molecule is C[C@@]1(CCI)C[C@H]2CCCC[C@H]21. The van der Waals surface area contributed by atoms with Gasteiger partial charge in [0.1, 0.15) is 0 Å². The lowest BCUT2D eigenvalue weighted by atomic mass is 9.49. The van der Waals surface area contributed by atoms with Crippen molar-refractivity contribution in [2.75, 3.05) is 4.43 Å². The molecule has 2 rings (SSSR count). The molecule has 0 N–H and O–H groups in total. The van der Waals surface area contributed by atoms with Crippen molar-refractivity contribution in [1.82, 2.24) is 0 Å². The van der Waals surface area contributed by atoms with Crippen LogP contribution >= 0.6 is 22.6 Å². The van der Waals surface area contributed by atoms with Crippen LogP contribution < -0.4 is 0 Å². The van der Waals surface area contributed by atoms with Crippen molar-refractivity contribution in [3.63, 3.8) is 0 Å². The van der Waals surface area contributed by atoms with Gasteiger partial charge in [0.2, 0.25) is 0 Å². The lowest BCUT2D eigenvalue weighted by molar-refractivity contribution is -0.0576. The van der Waals surface area contributed by atoms with Gasteiger partial charge in [-0.3, -0.25) is 0 Å². The van der Waals surface area contributed by atoms with E-state index in [0.29, 0.717) is 0 Å². The summed E-state index contributed by atoms with van der Waals surface area (Å²) in [5, 5.41) is 0. The molecule has 0 unspecified atom stereocenters. The summed E-state index contributed by atoms with van der Waals surface area (Å²) in [6.45, 7) is 2.53. The largest absolute Gasteiger partial charge is 0.0864 e. The summed E-state index contributed by atoms with van der Waals surface area (Å²) in [4.78, 5) is 0. The Kier molecular flexibility index (Phi) is 2.69. The van der Waals surface area contributed by atoms with Gasteiger partial charge in [-0.2, -0.15) is 0 Å². The average Bonchev–Trinajstić information content (AvgIpc) is 2.04. The maximum absolute atomic E-state index is 2.53. The fourth-order valence-electron chi connectivity index (χ4n) is 3.46. The first-order valence-electron chi connectivity index (χ1n) is 5.32. The van der Waals surface area contributed by atoms with E-state index in [2.05, 4.69) is 29.5 Å². The summed E-state index contributed by atoms with van der Waals surface area (Å²) in [7, 11) is 0. The molecule has 0 aromatic rings. The van der Waals surface area contributed by atoms with Crippen LogP contribution in [0.4, 0.5) is 0 Å². The molecule has 2 fully saturated rings. The third-order valence-corrected chi connectivity index (χ3v) is 4.74. The van der Waals surface area contributed by atoms with Crippen LogP contribution in [0.1, 0.15) is 45.4 Å². The van der Waals surface area contributed by atoms with Gasteiger partial charge in [-0.1, -0.05) is 48.8 Å². The fraction of sp³-hybridized carbons (Fsp3) is 1.00. The van der Waals surface area contributed by atoms with Gasteiger partial charge in [-0.15, -0.1) is 0 Å². The minimum Gasteiger partial charge on any atom is -0.0864 e. The first-order chi connectivity index (χ1) is 5.76. The molecule has 0 aromatic carbocycles. The van der Waals surface area contributed by atoms with Crippen LogP contribution in [0.15, 0.2) is 0 Å². The van der Waals surface area contributed by atoms with Crippen molar-refractivity contribution in [3.05, 3.63) is 0 Å². The summed E-state index contributed by atoms with van der Waals surface area (Å²) in [5.74, 6) is 2.24. The van der Waals surface area contributed by atoms with E-state index < -0.39 is 0 Å². The molecule has 3 atom stereocenters. The van der Waals surface area contributed by atoms with Crippen molar-refractivity contribution < 1.29 is 0 Å². The molecule has 2 saturated carbocycles. The first kappa shape index (κ1) is 9.29. The number of hydrogen-bond acceptors (Lipinski definition) is 0. The zero-order chi connectivity index (χ0) is 8.60. The van der Waals surface area contributed by atoms with Crippen LogP contribution in [-0.2, 0) is 0 Å². The highest BCUT2D eigenvalue weighted by Crippen LogP contribution is 2.59. The second-order valence-corrected chi connectivity index (χ2v) is 6.03. The zero-order valence-corrected chi connectivity index (χ0v) is 10.1. The van der Waals surface area contributed by atoms with E-state index in [1.54, 1.807) is 12.8 Å². The van der Waals surface area contributed by atoms with Gasteiger partial charge >= 0.3 is 0 Å². The van der Waals surface area contributed by atoms with Crippen LogP contribution in [0, 0.1) is 17.3 Å². The molecule has 0 spiro atoms.